The van der Waals surface area contributed by atoms with Crippen molar-refractivity contribution in [3.8, 4) is 0 Å². The zero-order valence-electron chi connectivity index (χ0n) is 8.65. The van der Waals surface area contributed by atoms with Crippen LogP contribution in [0.15, 0.2) is 24.5 Å². The van der Waals surface area contributed by atoms with Crippen molar-refractivity contribution in [3.63, 3.8) is 0 Å². The minimum Gasteiger partial charge on any atom is -0.307 e. The molecule has 0 saturated heterocycles. The summed E-state index contributed by atoms with van der Waals surface area (Å²) in [6, 6.07) is 4.15. The molecule has 0 saturated carbocycles. The third-order valence-electron chi connectivity index (χ3n) is 2.24. The van der Waals surface area contributed by atoms with Gasteiger partial charge in [0.25, 0.3) is 0 Å². The lowest BCUT2D eigenvalue weighted by Crippen LogP contribution is -2.07. The summed E-state index contributed by atoms with van der Waals surface area (Å²) in [6.07, 6.45) is 4.06. The molecule has 0 atom stereocenters. The smallest absolute Gasteiger partial charge is 0.137 e. The fourth-order valence-electron chi connectivity index (χ4n) is 1.38. The Balaban J connectivity index is 2.63. The first kappa shape index (κ1) is 9.59. The Morgan fingerprint density at radius 3 is 2.79 bits per heavy atom. The Labute approximate surface area is 89.4 Å². The van der Waals surface area contributed by atoms with Gasteiger partial charge < -0.3 is 4.40 Å². The lowest BCUT2D eigenvalue weighted by Gasteiger charge is -2.12. The van der Waals surface area contributed by atoms with E-state index in [0.717, 1.165) is 11.3 Å². The lowest BCUT2D eigenvalue weighted by molar-refractivity contribution is 0.763. The zero-order chi connectivity index (χ0) is 10.3. The molecule has 0 bridgehead atoms. The van der Waals surface area contributed by atoms with E-state index in [4.69, 9.17) is 0 Å². The Bertz CT molecular complexity index is 466. The van der Waals surface area contributed by atoms with E-state index in [1.165, 1.54) is 5.56 Å². The third kappa shape index (κ3) is 1.64. The van der Waals surface area contributed by atoms with Crippen LogP contribution in [0.5, 0.6) is 0 Å². The summed E-state index contributed by atoms with van der Waals surface area (Å²) in [4.78, 5) is 4.53. The highest BCUT2D eigenvalue weighted by molar-refractivity contribution is 7.81. The Hall–Kier alpha value is -0.960. The molecule has 0 fully saturated rings. The molecule has 0 spiro atoms. The summed E-state index contributed by atoms with van der Waals surface area (Å²) in [7, 11) is 0. The van der Waals surface area contributed by atoms with Gasteiger partial charge in [0.15, 0.2) is 0 Å². The molecule has 0 aliphatic heterocycles. The molecule has 74 valence electrons. The first-order valence-electron chi connectivity index (χ1n) is 4.65. The maximum Gasteiger partial charge on any atom is 0.137 e. The van der Waals surface area contributed by atoms with Gasteiger partial charge in [0.05, 0.1) is 10.4 Å². The molecule has 0 unspecified atom stereocenters. The van der Waals surface area contributed by atoms with Crippen molar-refractivity contribution in [3.05, 3.63) is 35.8 Å². The second-order valence-corrected chi connectivity index (χ2v) is 5.27. The number of aromatic nitrogens is 2. The van der Waals surface area contributed by atoms with Gasteiger partial charge in [-0.2, -0.15) is 12.6 Å². The molecule has 0 N–H and O–H groups in total. The van der Waals surface area contributed by atoms with E-state index in [1.807, 2.05) is 30.6 Å². The molecule has 2 nitrogen and oxygen atoms in total. The average molecular weight is 206 g/mol. The van der Waals surface area contributed by atoms with Crippen LogP contribution in [0.1, 0.15) is 25.1 Å². The summed E-state index contributed by atoms with van der Waals surface area (Å²) in [6.45, 7) is 6.16. The molecule has 2 heterocycles. The average Bonchev–Trinajstić information content (AvgIpc) is 2.45. The molecule has 0 radical (unpaired) electrons. The monoisotopic (exact) mass is 206 g/mol. The molecule has 0 aromatic carbocycles. The van der Waals surface area contributed by atoms with Crippen LogP contribution in [-0.4, -0.2) is 9.38 Å². The molecule has 2 aromatic rings. The highest BCUT2D eigenvalue weighted by Crippen LogP contribution is 2.26. The van der Waals surface area contributed by atoms with Gasteiger partial charge in [0.1, 0.15) is 5.65 Å². The van der Waals surface area contributed by atoms with Gasteiger partial charge in [-0.3, -0.25) is 0 Å². The Kier molecular flexibility index (Phi) is 2.07. The van der Waals surface area contributed by atoms with E-state index >= 15 is 0 Å². The summed E-state index contributed by atoms with van der Waals surface area (Å²) in [5.41, 5.74) is 3.22. The molecule has 3 heteroatoms. The summed E-state index contributed by atoms with van der Waals surface area (Å²) in [5.74, 6) is 0. The Morgan fingerprint density at radius 1 is 1.43 bits per heavy atom. The van der Waals surface area contributed by atoms with Crippen LogP contribution in [0, 0.1) is 6.92 Å². The van der Waals surface area contributed by atoms with Crippen molar-refractivity contribution >= 4 is 18.3 Å². The number of nitrogens with zero attached hydrogens (tertiary/aromatic N) is 2. The predicted octanol–water partition coefficient (Wildman–Crippen LogP) is 2.81. The second kappa shape index (κ2) is 3.02. The van der Waals surface area contributed by atoms with E-state index in [-0.39, 0.29) is 4.75 Å². The first-order chi connectivity index (χ1) is 6.47. The van der Waals surface area contributed by atoms with E-state index in [0.29, 0.717) is 0 Å². The van der Waals surface area contributed by atoms with Crippen molar-refractivity contribution in [2.75, 3.05) is 0 Å². The van der Waals surface area contributed by atoms with Crippen molar-refractivity contribution in [2.45, 2.75) is 25.5 Å². The minimum absolute atomic E-state index is 0.181. The standard InChI is InChI=1S/C11H14N2S/c1-8-4-5-13-7-9(11(2,3)14)12-10(13)6-8/h4-7,14H,1-3H3. The quantitative estimate of drug-likeness (QED) is 0.710. The molecule has 0 amide bonds. The van der Waals surface area contributed by atoms with E-state index in [9.17, 15) is 0 Å². The highest BCUT2D eigenvalue weighted by Gasteiger charge is 2.18. The van der Waals surface area contributed by atoms with Crippen molar-refractivity contribution in [1.29, 1.82) is 0 Å². The highest BCUT2D eigenvalue weighted by atomic mass is 32.1. The van der Waals surface area contributed by atoms with Crippen LogP contribution in [0.25, 0.3) is 5.65 Å². The number of imidazole rings is 1. The number of hydrogen-bond donors (Lipinski definition) is 1. The number of rotatable bonds is 1. The first-order valence-corrected chi connectivity index (χ1v) is 5.10. The maximum absolute atomic E-state index is 4.53. The van der Waals surface area contributed by atoms with Crippen LogP contribution in [-0.2, 0) is 4.75 Å². The van der Waals surface area contributed by atoms with Gasteiger partial charge in [0.2, 0.25) is 0 Å². The van der Waals surface area contributed by atoms with Gasteiger partial charge in [-0.1, -0.05) is 0 Å². The maximum atomic E-state index is 4.53. The van der Waals surface area contributed by atoms with Crippen LogP contribution >= 0.6 is 12.6 Å². The van der Waals surface area contributed by atoms with Crippen molar-refractivity contribution in [2.24, 2.45) is 0 Å². The van der Waals surface area contributed by atoms with Crippen LogP contribution in [0.3, 0.4) is 0 Å². The fourth-order valence-corrected chi connectivity index (χ4v) is 1.49. The largest absolute Gasteiger partial charge is 0.307 e. The molecular formula is C11H14N2S. The predicted molar refractivity (Wildman–Crippen MR) is 61.9 cm³/mol. The fraction of sp³-hybridized carbons (Fsp3) is 0.364. The SMILES string of the molecule is Cc1ccn2cc(C(C)(C)S)nc2c1. The third-order valence-corrected chi connectivity index (χ3v) is 2.47. The van der Waals surface area contributed by atoms with E-state index in [1.54, 1.807) is 0 Å². The van der Waals surface area contributed by atoms with Gasteiger partial charge >= 0.3 is 0 Å². The van der Waals surface area contributed by atoms with Gasteiger partial charge in [-0.05, 0) is 38.5 Å². The van der Waals surface area contributed by atoms with Crippen molar-refractivity contribution in [1.82, 2.24) is 9.38 Å². The van der Waals surface area contributed by atoms with Gasteiger partial charge in [-0.15, -0.1) is 0 Å². The Morgan fingerprint density at radius 2 is 2.14 bits per heavy atom. The lowest BCUT2D eigenvalue weighted by atomic mass is 10.1. The van der Waals surface area contributed by atoms with Crippen molar-refractivity contribution < 1.29 is 0 Å². The molecular weight excluding hydrogens is 192 g/mol. The molecule has 0 aliphatic carbocycles. The zero-order valence-corrected chi connectivity index (χ0v) is 9.55. The minimum atomic E-state index is -0.181. The van der Waals surface area contributed by atoms with Crippen LogP contribution in [0.2, 0.25) is 0 Å². The van der Waals surface area contributed by atoms with Gasteiger partial charge in [0, 0.05) is 12.4 Å². The van der Waals surface area contributed by atoms with Crippen LogP contribution in [0.4, 0.5) is 0 Å². The van der Waals surface area contributed by atoms with Crippen LogP contribution < -0.4 is 0 Å². The number of hydrogen-bond acceptors (Lipinski definition) is 2. The number of pyridine rings is 1. The number of aryl methyl sites for hydroxylation is 1. The van der Waals surface area contributed by atoms with E-state index < -0.39 is 0 Å². The number of thiol groups is 1. The normalized spacial score (nSPS) is 12.3. The topological polar surface area (TPSA) is 17.3 Å². The van der Waals surface area contributed by atoms with E-state index in [2.05, 4.69) is 36.7 Å². The number of fused-ring (bicyclic) bond motifs is 1. The summed E-state index contributed by atoms with van der Waals surface area (Å²) >= 11 is 4.50. The molecule has 0 aliphatic rings. The summed E-state index contributed by atoms with van der Waals surface area (Å²) < 4.78 is 1.85. The molecule has 2 rings (SSSR count). The summed E-state index contributed by atoms with van der Waals surface area (Å²) in [5, 5.41) is 0. The second-order valence-electron chi connectivity index (χ2n) is 4.15. The molecule has 14 heavy (non-hydrogen) atoms. The molecule has 2 aromatic heterocycles. The van der Waals surface area contributed by atoms with Gasteiger partial charge in [-0.25, -0.2) is 4.98 Å².